The minimum Gasteiger partial charge on any atom is -0.0885 e. The summed E-state index contributed by atoms with van der Waals surface area (Å²) in [7, 11) is 0. The summed E-state index contributed by atoms with van der Waals surface area (Å²) >= 11 is 0. The highest BCUT2D eigenvalue weighted by Crippen LogP contribution is 2.29. The number of hydrogen-bond donors (Lipinski definition) is 0. The molecule has 0 aliphatic heterocycles. The summed E-state index contributed by atoms with van der Waals surface area (Å²) < 4.78 is 0. The summed E-state index contributed by atoms with van der Waals surface area (Å²) in [5.74, 6) is 0.796. The van der Waals surface area contributed by atoms with Crippen molar-refractivity contribution in [3.63, 3.8) is 0 Å². The molecule has 0 amide bonds. The normalized spacial score (nSPS) is 15.3. The molecule has 0 aromatic rings. The molecule has 1 unspecified atom stereocenters. The minimum absolute atomic E-state index is 0.467. The highest BCUT2D eigenvalue weighted by atomic mass is 14.2. The van der Waals surface area contributed by atoms with Gasteiger partial charge in [-0.05, 0) is 50.4 Å². The second kappa shape index (κ2) is 9.42. The van der Waals surface area contributed by atoms with Crippen LogP contribution in [0.3, 0.4) is 0 Å². The van der Waals surface area contributed by atoms with Crippen molar-refractivity contribution in [2.24, 2.45) is 11.3 Å². The van der Waals surface area contributed by atoms with Crippen LogP contribution in [0.5, 0.6) is 0 Å². The lowest BCUT2D eigenvalue weighted by atomic mass is 9.82. The Morgan fingerprint density at radius 3 is 2.22 bits per heavy atom. The zero-order valence-corrected chi connectivity index (χ0v) is 13.6. The molecular formula is C18H34. The molecule has 0 heterocycles. The van der Waals surface area contributed by atoms with E-state index in [1.807, 2.05) is 0 Å². The number of allylic oxidation sites excluding steroid dienone is 4. The van der Waals surface area contributed by atoms with E-state index >= 15 is 0 Å². The van der Waals surface area contributed by atoms with Gasteiger partial charge in [0.15, 0.2) is 0 Å². The molecule has 0 aromatic carbocycles. The molecule has 0 saturated carbocycles. The molecular weight excluding hydrogens is 216 g/mol. The van der Waals surface area contributed by atoms with E-state index in [1.54, 1.807) is 5.57 Å². The van der Waals surface area contributed by atoms with Crippen LogP contribution in [-0.4, -0.2) is 0 Å². The topological polar surface area (TPSA) is 0 Å². The fourth-order valence-electron chi connectivity index (χ4n) is 2.24. The van der Waals surface area contributed by atoms with Gasteiger partial charge in [-0.25, -0.2) is 0 Å². The molecule has 0 saturated heterocycles. The van der Waals surface area contributed by atoms with Gasteiger partial charge in [0.05, 0.1) is 0 Å². The first-order valence-corrected chi connectivity index (χ1v) is 7.72. The van der Waals surface area contributed by atoms with Crippen LogP contribution in [0.2, 0.25) is 0 Å². The Morgan fingerprint density at radius 2 is 1.72 bits per heavy atom. The monoisotopic (exact) mass is 250 g/mol. The molecule has 1 atom stereocenters. The Bertz CT molecular complexity index is 250. The van der Waals surface area contributed by atoms with Crippen molar-refractivity contribution < 1.29 is 0 Å². The Hall–Kier alpha value is -0.520. The molecule has 18 heavy (non-hydrogen) atoms. The average molecular weight is 250 g/mol. The molecule has 0 nitrogen and oxygen atoms in total. The maximum absolute atomic E-state index is 2.43. The Morgan fingerprint density at radius 1 is 1.06 bits per heavy atom. The van der Waals surface area contributed by atoms with Crippen LogP contribution in [0.25, 0.3) is 0 Å². The van der Waals surface area contributed by atoms with Crippen LogP contribution in [0, 0.1) is 11.3 Å². The third kappa shape index (κ3) is 9.50. The van der Waals surface area contributed by atoms with Gasteiger partial charge in [0.25, 0.3) is 0 Å². The summed E-state index contributed by atoms with van der Waals surface area (Å²) in [4.78, 5) is 0. The van der Waals surface area contributed by atoms with E-state index in [9.17, 15) is 0 Å². The predicted molar refractivity (Wildman–Crippen MR) is 84.9 cm³/mol. The first-order chi connectivity index (χ1) is 8.40. The predicted octanol–water partition coefficient (Wildman–Crippen LogP) is 6.53. The fraction of sp³-hybridized carbons (Fsp3) is 0.778. The number of hydrogen-bond acceptors (Lipinski definition) is 0. The summed E-state index contributed by atoms with van der Waals surface area (Å²) in [6.07, 6.45) is 14.5. The van der Waals surface area contributed by atoms with Crippen molar-refractivity contribution in [1.82, 2.24) is 0 Å². The first kappa shape index (κ1) is 17.5. The number of rotatable bonds is 8. The molecule has 0 fully saturated rings. The fourth-order valence-corrected chi connectivity index (χ4v) is 2.24. The van der Waals surface area contributed by atoms with E-state index in [2.05, 4.69) is 59.8 Å². The van der Waals surface area contributed by atoms with Gasteiger partial charge in [-0.2, -0.15) is 0 Å². The van der Waals surface area contributed by atoms with Gasteiger partial charge in [-0.1, -0.05) is 64.8 Å². The quantitative estimate of drug-likeness (QED) is 0.429. The Balaban J connectivity index is 4.33. The molecule has 0 aliphatic carbocycles. The molecule has 0 rings (SSSR count). The lowest BCUT2D eigenvalue weighted by Gasteiger charge is -2.23. The SMILES string of the molecule is CCC=CCC=C(C)C(CCC)CCC(C)(C)C. The summed E-state index contributed by atoms with van der Waals surface area (Å²) in [6.45, 7) is 13.9. The van der Waals surface area contributed by atoms with Crippen molar-refractivity contribution in [2.75, 3.05) is 0 Å². The largest absolute Gasteiger partial charge is 0.0885 e. The molecule has 106 valence electrons. The van der Waals surface area contributed by atoms with Gasteiger partial charge in [-0.3, -0.25) is 0 Å². The van der Waals surface area contributed by atoms with Crippen molar-refractivity contribution in [1.29, 1.82) is 0 Å². The second-order valence-electron chi connectivity index (χ2n) is 6.65. The summed E-state index contributed by atoms with van der Waals surface area (Å²) in [5.41, 5.74) is 2.07. The van der Waals surface area contributed by atoms with E-state index in [4.69, 9.17) is 0 Å². The van der Waals surface area contributed by atoms with E-state index in [0.717, 1.165) is 18.8 Å². The summed E-state index contributed by atoms with van der Waals surface area (Å²) in [5, 5.41) is 0. The van der Waals surface area contributed by atoms with Crippen LogP contribution in [0.1, 0.15) is 80.1 Å². The maximum atomic E-state index is 2.43. The molecule has 0 spiro atoms. The van der Waals surface area contributed by atoms with Crippen LogP contribution < -0.4 is 0 Å². The van der Waals surface area contributed by atoms with Crippen LogP contribution in [0.15, 0.2) is 23.8 Å². The van der Waals surface area contributed by atoms with Gasteiger partial charge < -0.3 is 0 Å². The second-order valence-corrected chi connectivity index (χ2v) is 6.65. The maximum Gasteiger partial charge on any atom is -0.0167 e. The average Bonchev–Trinajstić information content (AvgIpc) is 2.28. The third-order valence-corrected chi connectivity index (χ3v) is 3.50. The Labute approximate surface area is 116 Å². The highest BCUT2D eigenvalue weighted by Gasteiger charge is 2.15. The third-order valence-electron chi connectivity index (χ3n) is 3.50. The Kier molecular flexibility index (Phi) is 9.14. The first-order valence-electron chi connectivity index (χ1n) is 7.72. The van der Waals surface area contributed by atoms with E-state index in [1.165, 1.54) is 25.7 Å². The van der Waals surface area contributed by atoms with Crippen LogP contribution >= 0.6 is 0 Å². The van der Waals surface area contributed by atoms with Gasteiger partial charge in [0, 0.05) is 0 Å². The standard InChI is InChI=1S/C18H34/c1-7-9-10-11-13-16(3)17(12-8-2)14-15-18(4,5)6/h9-10,13,17H,7-8,11-12,14-15H2,1-6H3. The van der Waals surface area contributed by atoms with Crippen molar-refractivity contribution in [2.45, 2.75) is 80.1 Å². The van der Waals surface area contributed by atoms with Crippen LogP contribution in [0.4, 0.5) is 0 Å². The molecule has 0 aromatic heterocycles. The molecule has 0 heteroatoms. The van der Waals surface area contributed by atoms with E-state index < -0.39 is 0 Å². The van der Waals surface area contributed by atoms with Crippen LogP contribution in [-0.2, 0) is 0 Å². The van der Waals surface area contributed by atoms with Gasteiger partial charge >= 0.3 is 0 Å². The lowest BCUT2D eigenvalue weighted by Crippen LogP contribution is -2.10. The van der Waals surface area contributed by atoms with Gasteiger partial charge in [-0.15, -0.1) is 0 Å². The zero-order valence-electron chi connectivity index (χ0n) is 13.6. The van der Waals surface area contributed by atoms with E-state index in [0.29, 0.717) is 5.41 Å². The smallest absolute Gasteiger partial charge is 0.0167 e. The van der Waals surface area contributed by atoms with E-state index in [-0.39, 0.29) is 0 Å². The van der Waals surface area contributed by atoms with Crippen molar-refractivity contribution in [3.05, 3.63) is 23.8 Å². The van der Waals surface area contributed by atoms with Crippen molar-refractivity contribution in [3.8, 4) is 0 Å². The molecule has 0 bridgehead atoms. The molecule has 0 N–H and O–H groups in total. The highest BCUT2D eigenvalue weighted by molar-refractivity contribution is 5.06. The molecule has 0 radical (unpaired) electrons. The van der Waals surface area contributed by atoms with Gasteiger partial charge in [0.1, 0.15) is 0 Å². The van der Waals surface area contributed by atoms with Gasteiger partial charge in [0.2, 0.25) is 0 Å². The zero-order chi connectivity index (χ0) is 14.0. The van der Waals surface area contributed by atoms with Crippen molar-refractivity contribution >= 4 is 0 Å². The minimum atomic E-state index is 0.467. The summed E-state index contributed by atoms with van der Waals surface area (Å²) in [6, 6.07) is 0. The lowest BCUT2D eigenvalue weighted by molar-refractivity contribution is 0.329. The molecule has 0 aliphatic rings.